The highest BCUT2D eigenvalue weighted by Gasteiger charge is 2.09. The van der Waals surface area contributed by atoms with Gasteiger partial charge in [-0.05, 0) is 50.0 Å². The van der Waals surface area contributed by atoms with E-state index >= 15 is 0 Å². The van der Waals surface area contributed by atoms with E-state index in [-0.39, 0.29) is 0 Å². The van der Waals surface area contributed by atoms with Crippen molar-refractivity contribution in [1.29, 1.82) is 0 Å². The van der Waals surface area contributed by atoms with E-state index in [1.165, 1.54) is 50.8 Å². The number of amides is 1. The molecule has 22 heavy (non-hydrogen) atoms. The van der Waals surface area contributed by atoms with Gasteiger partial charge >= 0.3 is 0 Å². The van der Waals surface area contributed by atoms with Gasteiger partial charge in [-0.15, -0.1) is 0 Å². The number of carbonyl (C=O) groups is 1. The second-order valence-corrected chi connectivity index (χ2v) is 5.97. The van der Waals surface area contributed by atoms with Gasteiger partial charge in [-0.2, -0.15) is 0 Å². The third-order valence-electron chi connectivity index (χ3n) is 4.07. The monoisotopic (exact) mass is 304 g/mol. The number of likely N-dealkylation sites (tertiary alicyclic amines) is 1. The average molecular weight is 304 g/mol. The van der Waals surface area contributed by atoms with Crippen molar-refractivity contribution >= 4 is 6.41 Å². The predicted octanol–water partition coefficient (Wildman–Crippen LogP) is 2.97. The van der Waals surface area contributed by atoms with Gasteiger partial charge < -0.3 is 10.1 Å². The first-order valence-electron chi connectivity index (χ1n) is 8.49. The van der Waals surface area contributed by atoms with E-state index < -0.39 is 0 Å². The summed E-state index contributed by atoms with van der Waals surface area (Å²) in [6.07, 6.45) is 8.33. The number of hydrogen-bond donors (Lipinski definition) is 1. The van der Waals surface area contributed by atoms with E-state index in [1.54, 1.807) is 0 Å². The first kappa shape index (κ1) is 16.8. The molecule has 1 heterocycles. The van der Waals surface area contributed by atoms with Crippen LogP contribution in [0.1, 0.15) is 44.1 Å². The number of ether oxygens (including phenoxy) is 1. The van der Waals surface area contributed by atoms with Gasteiger partial charge in [-0.1, -0.05) is 31.4 Å². The fourth-order valence-electron chi connectivity index (χ4n) is 2.89. The number of benzene rings is 1. The van der Waals surface area contributed by atoms with Gasteiger partial charge in [0.05, 0.1) is 6.61 Å². The minimum absolute atomic E-state index is 0.633. The molecule has 0 unspecified atom stereocenters. The SMILES string of the molecule is O=CNCCCOc1cccc(CN2CCCCCCC2)c1. The average Bonchev–Trinajstić information content (AvgIpc) is 2.50. The van der Waals surface area contributed by atoms with Crippen LogP contribution in [0.4, 0.5) is 0 Å². The number of carbonyl (C=O) groups excluding carboxylic acids is 1. The summed E-state index contributed by atoms with van der Waals surface area (Å²) in [6.45, 7) is 4.74. The van der Waals surface area contributed by atoms with E-state index in [1.807, 2.05) is 6.07 Å². The largest absolute Gasteiger partial charge is 0.494 e. The summed E-state index contributed by atoms with van der Waals surface area (Å²) >= 11 is 0. The Labute approximate surface area is 133 Å². The fraction of sp³-hybridized carbons (Fsp3) is 0.611. The van der Waals surface area contributed by atoms with Crippen LogP contribution in [0.25, 0.3) is 0 Å². The molecule has 0 aromatic heterocycles. The Kier molecular flexibility index (Phi) is 7.81. The van der Waals surface area contributed by atoms with Crippen LogP contribution in [-0.4, -0.2) is 37.6 Å². The van der Waals surface area contributed by atoms with E-state index in [2.05, 4.69) is 28.4 Å². The highest BCUT2D eigenvalue weighted by Crippen LogP contribution is 2.17. The Morgan fingerprint density at radius 2 is 1.91 bits per heavy atom. The van der Waals surface area contributed by atoms with Gasteiger partial charge in [0.15, 0.2) is 0 Å². The Balaban J connectivity index is 1.78. The highest BCUT2D eigenvalue weighted by atomic mass is 16.5. The van der Waals surface area contributed by atoms with Crippen molar-refractivity contribution in [3.05, 3.63) is 29.8 Å². The second kappa shape index (κ2) is 10.2. The normalized spacial score (nSPS) is 16.5. The van der Waals surface area contributed by atoms with Gasteiger partial charge in [0, 0.05) is 13.1 Å². The number of rotatable bonds is 8. The van der Waals surface area contributed by atoms with Crippen LogP contribution >= 0.6 is 0 Å². The van der Waals surface area contributed by atoms with Crippen molar-refractivity contribution in [2.75, 3.05) is 26.2 Å². The molecule has 2 rings (SSSR count). The van der Waals surface area contributed by atoms with E-state index in [4.69, 9.17) is 4.74 Å². The smallest absolute Gasteiger partial charge is 0.207 e. The topological polar surface area (TPSA) is 41.6 Å². The summed E-state index contributed by atoms with van der Waals surface area (Å²) in [6, 6.07) is 8.40. The van der Waals surface area contributed by atoms with Gasteiger partial charge in [-0.25, -0.2) is 0 Å². The molecule has 1 N–H and O–H groups in total. The van der Waals surface area contributed by atoms with Crippen LogP contribution in [-0.2, 0) is 11.3 Å². The lowest BCUT2D eigenvalue weighted by molar-refractivity contribution is -0.109. The molecule has 1 aromatic rings. The zero-order chi connectivity index (χ0) is 15.5. The zero-order valence-electron chi connectivity index (χ0n) is 13.4. The summed E-state index contributed by atoms with van der Waals surface area (Å²) in [7, 11) is 0. The molecule has 0 atom stereocenters. The van der Waals surface area contributed by atoms with Crippen molar-refractivity contribution in [2.45, 2.75) is 45.1 Å². The Bertz CT molecular complexity index is 429. The molecule has 4 nitrogen and oxygen atoms in total. The number of nitrogens with zero attached hydrogens (tertiary/aromatic N) is 1. The summed E-state index contributed by atoms with van der Waals surface area (Å²) in [5.74, 6) is 0.927. The lowest BCUT2D eigenvalue weighted by Gasteiger charge is -2.24. The van der Waals surface area contributed by atoms with Gasteiger partial charge in [0.2, 0.25) is 6.41 Å². The molecule has 1 aliphatic rings. The third kappa shape index (κ3) is 6.48. The van der Waals surface area contributed by atoms with E-state index in [0.29, 0.717) is 13.2 Å². The lowest BCUT2D eigenvalue weighted by atomic mass is 10.1. The van der Waals surface area contributed by atoms with Crippen LogP contribution in [0.5, 0.6) is 5.75 Å². The Morgan fingerprint density at radius 1 is 1.14 bits per heavy atom. The minimum atomic E-state index is 0.633. The fourth-order valence-corrected chi connectivity index (χ4v) is 2.89. The van der Waals surface area contributed by atoms with Crippen molar-refractivity contribution < 1.29 is 9.53 Å². The molecule has 4 heteroatoms. The quantitative estimate of drug-likeness (QED) is 0.593. The van der Waals surface area contributed by atoms with Crippen molar-refractivity contribution in [3.63, 3.8) is 0 Å². The second-order valence-electron chi connectivity index (χ2n) is 5.97. The van der Waals surface area contributed by atoms with E-state index in [9.17, 15) is 4.79 Å². The molecule has 0 radical (unpaired) electrons. The molecular formula is C18H28N2O2. The van der Waals surface area contributed by atoms with Crippen LogP contribution in [0.3, 0.4) is 0 Å². The molecule has 0 spiro atoms. The molecular weight excluding hydrogens is 276 g/mol. The van der Waals surface area contributed by atoms with Crippen LogP contribution in [0, 0.1) is 0 Å². The lowest BCUT2D eigenvalue weighted by Crippen LogP contribution is -2.26. The standard InChI is InChI=1S/C18H28N2O2/c21-16-19-10-7-13-22-18-9-6-8-17(14-18)15-20-11-4-2-1-3-5-12-20/h6,8-9,14,16H,1-5,7,10-13,15H2,(H,19,21). The van der Waals surface area contributed by atoms with Crippen molar-refractivity contribution in [1.82, 2.24) is 10.2 Å². The first-order chi connectivity index (χ1) is 10.9. The molecule has 1 fully saturated rings. The molecule has 1 aliphatic heterocycles. The number of hydrogen-bond acceptors (Lipinski definition) is 3. The van der Waals surface area contributed by atoms with Crippen molar-refractivity contribution in [3.8, 4) is 5.75 Å². The summed E-state index contributed by atoms with van der Waals surface area (Å²) in [5.41, 5.74) is 1.32. The molecule has 1 aromatic carbocycles. The molecule has 1 amide bonds. The predicted molar refractivity (Wildman–Crippen MR) is 89.0 cm³/mol. The maximum Gasteiger partial charge on any atom is 0.207 e. The highest BCUT2D eigenvalue weighted by molar-refractivity contribution is 5.45. The maximum atomic E-state index is 10.2. The zero-order valence-corrected chi connectivity index (χ0v) is 13.4. The number of nitrogens with one attached hydrogen (secondary N) is 1. The molecule has 0 bridgehead atoms. The summed E-state index contributed by atoms with van der Waals surface area (Å²) < 4.78 is 5.75. The van der Waals surface area contributed by atoms with E-state index in [0.717, 1.165) is 25.1 Å². The molecule has 0 saturated carbocycles. The van der Waals surface area contributed by atoms with Gasteiger partial charge in [0.25, 0.3) is 0 Å². The summed E-state index contributed by atoms with van der Waals surface area (Å²) in [4.78, 5) is 12.7. The van der Waals surface area contributed by atoms with Crippen LogP contribution in [0.15, 0.2) is 24.3 Å². The molecule has 122 valence electrons. The van der Waals surface area contributed by atoms with Gasteiger partial charge in [-0.3, -0.25) is 9.69 Å². The molecule has 0 aliphatic carbocycles. The van der Waals surface area contributed by atoms with Crippen LogP contribution in [0.2, 0.25) is 0 Å². The summed E-state index contributed by atoms with van der Waals surface area (Å²) in [5, 5.41) is 2.64. The maximum absolute atomic E-state index is 10.2. The first-order valence-corrected chi connectivity index (χ1v) is 8.49. The molecule has 1 saturated heterocycles. The van der Waals surface area contributed by atoms with Crippen molar-refractivity contribution in [2.24, 2.45) is 0 Å². The van der Waals surface area contributed by atoms with Gasteiger partial charge in [0.1, 0.15) is 5.75 Å². The Morgan fingerprint density at radius 3 is 2.68 bits per heavy atom. The van der Waals surface area contributed by atoms with Crippen LogP contribution < -0.4 is 10.1 Å². The minimum Gasteiger partial charge on any atom is -0.494 e. The third-order valence-corrected chi connectivity index (χ3v) is 4.07. The Hall–Kier alpha value is -1.55.